The largest absolute Gasteiger partial charge is 0.493 e. The van der Waals surface area contributed by atoms with Gasteiger partial charge in [0.25, 0.3) is 5.91 Å². The first-order valence-electron chi connectivity index (χ1n) is 8.10. The molecule has 3 aromatic rings. The third-order valence-corrected chi connectivity index (χ3v) is 3.76. The quantitative estimate of drug-likeness (QED) is 0.575. The summed E-state index contributed by atoms with van der Waals surface area (Å²) in [6.45, 7) is 6.29. The number of benzene rings is 1. The van der Waals surface area contributed by atoms with E-state index < -0.39 is 0 Å². The fourth-order valence-corrected chi connectivity index (χ4v) is 2.63. The summed E-state index contributed by atoms with van der Waals surface area (Å²) >= 11 is 0. The van der Waals surface area contributed by atoms with E-state index in [1.807, 2.05) is 63.4 Å². The normalized spacial score (nSPS) is 11.2. The molecule has 0 aliphatic heterocycles. The van der Waals surface area contributed by atoms with E-state index in [9.17, 15) is 4.79 Å². The molecule has 0 aliphatic carbocycles. The number of pyridine rings is 1. The predicted molar refractivity (Wildman–Crippen MR) is 97.3 cm³/mol. The van der Waals surface area contributed by atoms with Gasteiger partial charge in [-0.3, -0.25) is 9.20 Å². The van der Waals surface area contributed by atoms with E-state index in [1.54, 1.807) is 10.6 Å². The van der Waals surface area contributed by atoms with Crippen molar-refractivity contribution in [2.75, 3.05) is 6.61 Å². The molecule has 0 radical (unpaired) electrons. The number of aromatic nitrogens is 2. The van der Waals surface area contributed by atoms with Crippen LogP contribution in [0.15, 0.2) is 47.7 Å². The van der Waals surface area contributed by atoms with Crippen molar-refractivity contribution in [1.82, 2.24) is 14.8 Å². The number of amides is 1. The SMILES string of the molecule is CCOc1ccccc1C=NNC(=O)c1c(C)nc2cc(C)ccn12. The van der Waals surface area contributed by atoms with E-state index >= 15 is 0 Å². The molecule has 1 amide bonds. The number of rotatable bonds is 5. The Hall–Kier alpha value is -3.15. The van der Waals surface area contributed by atoms with Crippen LogP contribution < -0.4 is 10.2 Å². The highest BCUT2D eigenvalue weighted by Gasteiger charge is 2.16. The smallest absolute Gasteiger partial charge is 0.290 e. The fourth-order valence-electron chi connectivity index (χ4n) is 2.63. The van der Waals surface area contributed by atoms with Crippen LogP contribution in [0.3, 0.4) is 0 Å². The molecule has 2 aromatic heterocycles. The van der Waals surface area contributed by atoms with Crippen LogP contribution in [0.5, 0.6) is 5.75 Å². The van der Waals surface area contributed by atoms with Crippen LogP contribution in [-0.2, 0) is 0 Å². The Kier molecular flexibility index (Phi) is 4.79. The molecule has 0 atom stereocenters. The van der Waals surface area contributed by atoms with Crippen molar-refractivity contribution < 1.29 is 9.53 Å². The van der Waals surface area contributed by atoms with Crippen LogP contribution >= 0.6 is 0 Å². The number of nitrogens with zero attached hydrogens (tertiary/aromatic N) is 3. The average Bonchev–Trinajstić information content (AvgIpc) is 2.91. The number of fused-ring (bicyclic) bond motifs is 1. The van der Waals surface area contributed by atoms with Gasteiger partial charge in [-0.2, -0.15) is 5.10 Å². The van der Waals surface area contributed by atoms with Gasteiger partial charge in [-0.1, -0.05) is 12.1 Å². The molecule has 25 heavy (non-hydrogen) atoms. The molecule has 0 fully saturated rings. The second-order valence-electron chi connectivity index (χ2n) is 5.65. The summed E-state index contributed by atoms with van der Waals surface area (Å²) in [5.74, 6) is 0.420. The van der Waals surface area contributed by atoms with Gasteiger partial charge in [0, 0.05) is 11.8 Å². The number of hydrazone groups is 1. The Balaban J connectivity index is 1.81. The number of hydrogen-bond donors (Lipinski definition) is 1. The molecular weight excluding hydrogens is 316 g/mol. The van der Waals surface area contributed by atoms with Crippen LogP contribution in [0.1, 0.15) is 34.2 Å². The van der Waals surface area contributed by atoms with Gasteiger partial charge >= 0.3 is 0 Å². The number of hydrogen-bond acceptors (Lipinski definition) is 4. The Bertz CT molecular complexity index is 944. The lowest BCUT2D eigenvalue weighted by Gasteiger charge is -2.06. The van der Waals surface area contributed by atoms with E-state index in [-0.39, 0.29) is 5.91 Å². The molecule has 2 heterocycles. The highest BCUT2D eigenvalue weighted by atomic mass is 16.5. The van der Waals surface area contributed by atoms with Crippen LogP contribution in [-0.4, -0.2) is 28.1 Å². The fraction of sp³-hybridized carbons (Fsp3) is 0.211. The van der Waals surface area contributed by atoms with Crippen LogP contribution in [0.25, 0.3) is 5.65 Å². The van der Waals surface area contributed by atoms with Crippen molar-refractivity contribution in [3.63, 3.8) is 0 Å². The summed E-state index contributed by atoms with van der Waals surface area (Å²) in [6.07, 6.45) is 3.42. The minimum atomic E-state index is -0.306. The van der Waals surface area contributed by atoms with Crippen molar-refractivity contribution in [1.29, 1.82) is 0 Å². The highest BCUT2D eigenvalue weighted by Crippen LogP contribution is 2.16. The molecule has 0 saturated heterocycles. The van der Waals surface area contributed by atoms with E-state index in [0.29, 0.717) is 18.0 Å². The van der Waals surface area contributed by atoms with Gasteiger partial charge in [0.15, 0.2) is 0 Å². The molecule has 1 aromatic carbocycles. The van der Waals surface area contributed by atoms with Gasteiger partial charge in [0.05, 0.1) is 18.5 Å². The minimum absolute atomic E-state index is 0.306. The summed E-state index contributed by atoms with van der Waals surface area (Å²) in [6, 6.07) is 11.4. The Morgan fingerprint density at radius 2 is 2.12 bits per heavy atom. The third-order valence-electron chi connectivity index (χ3n) is 3.76. The van der Waals surface area contributed by atoms with Gasteiger partial charge < -0.3 is 4.74 Å². The molecule has 3 rings (SSSR count). The standard InChI is InChI=1S/C19H20N4O2/c1-4-25-16-8-6-5-7-15(16)12-20-22-19(24)18-14(3)21-17-11-13(2)9-10-23(17)18/h5-12H,4H2,1-3H3,(H,22,24). The molecule has 1 N–H and O–H groups in total. The Morgan fingerprint density at radius 1 is 1.32 bits per heavy atom. The zero-order valence-corrected chi connectivity index (χ0v) is 14.5. The zero-order valence-electron chi connectivity index (χ0n) is 14.5. The Labute approximate surface area is 146 Å². The number of para-hydroxylation sites is 1. The van der Waals surface area contributed by atoms with Crippen molar-refractivity contribution in [2.24, 2.45) is 5.10 Å². The van der Waals surface area contributed by atoms with E-state index in [1.165, 1.54) is 0 Å². The summed E-state index contributed by atoms with van der Waals surface area (Å²) in [5.41, 5.74) is 6.34. The number of aryl methyl sites for hydroxylation is 2. The molecule has 0 saturated carbocycles. The average molecular weight is 336 g/mol. The van der Waals surface area contributed by atoms with E-state index in [2.05, 4.69) is 15.5 Å². The number of ether oxygens (including phenoxy) is 1. The predicted octanol–water partition coefficient (Wildman–Crippen LogP) is 3.11. The summed E-state index contributed by atoms with van der Waals surface area (Å²) in [5, 5.41) is 4.06. The molecule has 6 heteroatoms. The molecule has 0 spiro atoms. The van der Waals surface area contributed by atoms with Crippen LogP contribution in [0.4, 0.5) is 0 Å². The van der Waals surface area contributed by atoms with E-state index in [0.717, 1.165) is 22.5 Å². The van der Waals surface area contributed by atoms with Crippen LogP contribution in [0, 0.1) is 13.8 Å². The van der Waals surface area contributed by atoms with Gasteiger partial charge in [-0.15, -0.1) is 0 Å². The summed E-state index contributed by atoms with van der Waals surface area (Å²) in [7, 11) is 0. The van der Waals surface area contributed by atoms with Crippen molar-refractivity contribution in [3.8, 4) is 5.75 Å². The number of carbonyl (C=O) groups is 1. The van der Waals surface area contributed by atoms with E-state index in [4.69, 9.17) is 4.74 Å². The van der Waals surface area contributed by atoms with Gasteiger partial charge in [-0.05, 0) is 50.6 Å². The van der Waals surface area contributed by atoms with Crippen molar-refractivity contribution >= 4 is 17.8 Å². The van der Waals surface area contributed by atoms with Gasteiger partial charge in [0.2, 0.25) is 0 Å². The van der Waals surface area contributed by atoms with Gasteiger partial charge in [-0.25, -0.2) is 10.4 Å². The lowest BCUT2D eigenvalue weighted by Crippen LogP contribution is -2.20. The topological polar surface area (TPSA) is 68.0 Å². The minimum Gasteiger partial charge on any atom is -0.493 e. The maximum Gasteiger partial charge on any atom is 0.290 e. The molecule has 6 nitrogen and oxygen atoms in total. The second kappa shape index (κ2) is 7.17. The molecule has 0 aliphatic rings. The second-order valence-corrected chi connectivity index (χ2v) is 5.65. The monoisotopic (exact) mass is 336 g/mol. The first kappa shape index (κ1) is 16.7. The molecular formula is C19H20N4O2. The number of nitrogens with one attached hydrogen (secondary N) is 1. The molecule has 0 unspecified atom stereocenters. The number of imidazole rings is 1. The Morgan fingerprint density at radius 3 is 2.92 bits per heavy atom. The maximum absolute atomic E-state index is 12.5. The first-order valence-corrected chi connectivity index (χ1v) is 8.10. The lowest BCUT2D eigenvalue weighted by molar-refractivity contribution is 0.0948. The molecule has 0 bridgehead atoms. The highest BCUT2D eigenvalue weighted by molar-refractivity contribution is 5.95. The number of carbonyl (C=O) groups excluding carboxylic acids is 1. The summed E-state index contributed by atoms with van der Waals surface area (Å²) in [4.78, 5) is 16.9. The maximum atomic E-state index is 12.5. The summed E-state index contributed by atoms with van der Waals surface area (Å²) < 4.78 is 7.30. The van der Waals surface area contributed by atoms with Crippen molar-refractivity contribution in [2.45, 2.75) is 20.8 Å². The van der Waals surface area contributed by atoms with Crippen molar-refractivity contribution in [3.05, 3.63) is 65.1 Å². The zero-order chi connectivity index (χ0) is 17.8. The lowest BCUT2D eigenvalue weighted by atomic mass is 10.2. The molecule has 128 valence electrons. The van der Waals surface area contributed by atoms with Gasteiger partial charge in [0.1, 0.15) is 17.1 Å². The third kappa shape index (κ3) is 3.52. The van der Waals surface area contributed by atoms with Crippen LogP contribution in [0.2, 0.25) is 0 Å². The first-order chi connectivity index (χ1) is 12.1.